The van der Waals surface area contributed by atoms with Crippen LogP contribution >= 0.6 is 0 Å². The minimum atomic E-state index is -4.49. The Kier molecular flexibility index (Phi) is 4.19. The zero-order valence-electron chi connectivity index (χ0n) is 8.92. The van der Waals surface area contributed by atoms with E-state index in [2.05, 4.69) is 5.32 Å². The Labute approximate surface area is 92.9 Å². The van der Waals surface area contributed by atoms with E-state index in [0.29, 0.717) is 30.2 Å². The smallest absolute Gasteiger partial charge is 0.317 e. The number of nitrogens with one attached hydrogen (secondary N) is 1. The molecule has 0 amide bonds. The minimum absolute atomic E-state index is 0.366. The molecule has 4 nitrogen and oxygen atoms in total. The number of piperidine rings is 1. The zero-order chi connectivity index (χ0) is 12.4. The van der Waals surface area contributed by atoms with E-state index in [1.54, 1.807) is 0 Å². The molecule has 1 fully saturated rings. The summed E-state index contributed by atoms with van der Waals surface area (Å²) in [7, 11) is -2.84. The molecule has 0 atom stereocenters. The van der Waals surface area contributed by atoms with Crippen LogP contribution in [0.15, 0.2) is 0 Å². The second-order valence-corrected chi connectivity index (χ2v) is 6.19. The topological polar surface area (TPSA) is 49.4 Å². The Hall–Kier alpha value is -0.340. The van der Waals surface area contributed by atoms with Crippen LogP contribution in [0.1, 0.15) is 12.8 Å². The minimum Gasteiger partial charge on any atom is -0.317 e. The van der Waals surface area contributed by atoms with Gasteiger partial charge in [-0.1, -0.05) is 0 Å². The molecule has 0 aromatic rings. The van der Waals surface area contributed by atoms with Gasteiger partial charge in [-0.3, -0.25) is 0 Å². The molecule has 0 radical (unpaired) electrons. The molecule has 1 saturated heterocycles. The van der Waals surface area contributed by atoms with Crippen molar-refractivity contribution in [3.05, 3.63) is 0 Å². The summed E-state index contributed by atoms with van der Waals surface area (Å²) in [5.41, 5.74) is 0. The van der Waals surface area contributed by atoms with Crippen LogP contribution in [0.2, 0.25) is 0 Å². The van der Waals surface area contributed by atoms with Crippen LogP contribution in [-0.2, 0) is 10.0 Å². The number of hydrogen-bond donors (Lipinski definition) is 1. The van der Waals surface area contributed by atoms with Crippen molar-refractivity contribution in [3.63, 3.8) is 0 Å². The van der Waals surface area contributed by atoms with Crippen molar-refractivity contribution in [2.75, 3.05) is 26.7 Å². The van der Waals surface area contributed by atoms with Crippen LogP contribution in [0, 0.1) is 0 Å². The molecular formula is C8H15F3N2O2S. The molecule has 1 rings (SSSR count). The van der Waals surface area contributed by atoms with E-state index in [-0.39, 0.29) is 0 Å². The predicted molar refractivity (Wildman–Crippen MR) is 53.5 cm³/mol. The van der Waals surface area contributed by atoms with E-state index >= 15 is 0 Å². The summed E-state index contributed by atoms with van der Waals surface area (Å²) in [6.07, 6.45) is -3.76. The molecule has 1 heterocycles. The van der Waals surface area contributed by atoms with Gasteiger partial charge in [0.15, 0.2) is 0 Å². The van der Waals surface area contributed by atoms with Gasteiger partial charge in [-0.05, 0) is 25.9 Å². The maximum atomic E-state index is 12.1. The third kappa shape index (κ3) is 3.60. The van der Waals surface area contributed by atoms with Gasteiger partial charge < -0.3 is 5.32 Å². The fraction of sp³-hybridized carbons (Fsp3) is 1.00. The van der Waals surface area contributed by atoms with E-state index < -0.39 is 28.0 Å². The predicted octanol–water partition coefficient (Wildman–Crippen LogP) is 0.562. The van der Waals surface area contributed by atoms with E-state index in [4.69, 9.17) is 0 Å². The van der Waals surface area contributed by atoms with Gasteiger partial charge in [-0.15, -0.1) is 0 Å². The number of sulfonamides is 1. The van der Waals surface area contributed by atoms with Crippen molar-refractivity contribution in [3.8, 4) is 0 Å². The Morgan fingerprint density at radius 3 is 2.25 bits per heavy atom. The molecule has 0 aromatic heterocycles. The van der Waals surface area contributed by atoms with Crippen molar-refractivity contribution in [1.82, 2.24) is 9.62 Å². The normalized spacial score (nSPS) is 20.3. The summed E-state index contributed by atoms with van der Waals surface area (Å²) < 4.78 is 60.2. The van der Waals surface area contributed by atoms with Gasteiger partial charge in [0.2, 0.25) is 10.0 Å². The number of rotatable bonds is 3. The number of hydrogen-bond acceptors (Lipinski definition) is 3. The van der Waals surface area contributed by atoms with Crippen LogP contribution in [0.25, 0.3) is 0 Å². The van der Waals surface area contributed by atoms with Gasteiger partial charge in [-0.25, -0.2) is 8.42 Å². The van der Waals surface area contributed by atoms with E-state index in [1.807, 2.05) is 0 Å². The molecule has 0 aliphatic carbocycles. The van der Waals surface area contributed by atoms with E-state index in [9.17, 15) is 21.6 Å². The Morgan fingerprint density at radius 1 is 1.31 bits per heavy atom. The molecule has 0 unspecified atom stereocenters. The third-order valence-electron chi connectivity index (χ3n) is 2.54. The first-order valence-electron chi connectivity index (χ1n) is 4.96. The second-order valence-electron chi connectivity index (χ2n) is 3.87. The first-order chi connectivity index (χ1) is 7.23. The van der Waals surface area contributed by atoms with Gasteiger partial charge in [0.05, 0.1) is 5.25 Å². The van der Waals surface area contributed by atoms with Crippen molar-refractivity contribution in [2.24, 2.45) is 0 Å². The van der Waals surface area contributed by atoms with Crippen molar-refractivity contribution < 1.29 is 21.6 Å². The number of nitrogens with zero attached hydrogens (tertiary/aromatic N) is 1. The quantitative estimate of drug-likeness (QED) is 0.806. The number of alkyl halides is 3. The molecule has 8 heteroatoms. The highest BCUT2D eigenvalue weighted by molar-refractivity contribution is 7.89. The summed E-state index contributed by atoms with van der Waals surface area (Å²) in [6, 6.07) is 0. The molecule has 0 bridgehead atoms. The lowest BCUT2D eigenvalue weighted by Gasteiger charge is -2.27. The zero-order valence-corrected chi connectivity index (χ0v) is 9.74. The third-order valence-corrected chi connectivity index (χ3v) is 4.86. The van der Waals surface area contributed by atoms with Crippen LogP contribution in [0.3, 0.4) is 0 Å². The Morgan fingerprint density at radius 2 is 1.81 bits per heavy atom. The van der Waals surface area contributed by atoms with E-state index in [1.165, 1.54) is 0 Å². The summed E-state index contributed by atoms with van der Waals surface area (Å²) in [5.74, 6) is 0. The number of halogens is 3. The van der Waals surface area contributed by atoms with Crippen LogP contribution in [0.4, 0.5) is 13.2 Å². The van der Waals surface area contributed by atoms with E-state index in [0.717, 1.165) is 7.05 Å². The van der Waals surface area contributed by atoms with Gasteiger partial charge in [0, 0.05) is 7.05 Å². The highest BCUT2D eigenvalue weighted by Gasteiger charge is 2.37. The summed E-state index contributed by atoms with van der Waals surface area (Å²) >= 11 is 0. The van der Waals surface area contributed by atoms with Crippen molar-refractivity contribution in [2.45, 2.75) is 24.3 Å². The molecule has 0 spiro atoms. The SMILES string of the molecule is CN(CC(F)(F)F)S(=O)(=O)C1CCNCC1. The summed E-state index contributed by atoms with van der Waals surface area (Å²) in [6.45, 7) is -0.354. The first kappa shape index (κ1) is 13.7. The molecule has 1 aliphatic heterocycles. The fourth-order valence-corrected chi connectivity index (χ4v) is 3.36. The summed E-state index contributed by atoms with van der Waals surface area (Å²) in [4.78, 5) is 0. The lowest BCUT2D eigenvalue weighted by molar-refractivity contribution is -0.134. The molecular weight excluding hydrogens is 245 g/mol. The summed E-state index contributed by atoms with van der Waals surface area (Å²) in [5, 5.41) is 2.28. The van der Waals surface area contributed by atoms with Gasteiger partial charge >= 0.3 is 6.18 Å². The average Bonchev–Trinajstić information content (AvgIpc) is 2.16. The Balaban J connectivity index is 2.68. The highest BCUT2D eigenvalue weighted by Crippen LogP contribution is 2.22. The molecule has 1 aliphatic rings. The van der Waals surface area contributed by atoms with Crippen LogP contribution < -0.4 is 5.32 Å². The molecule has 16 heavy (non-hydrogen) atoms. The largest absolute Gasteiger partial charge is 0.402 e. The second kappa shape index (κ2) is 4.89. The fourth-order valence-electron chi connectivity index (χ4n) is 1.69. The van der Waals surface area contributed by atoms with Gasteiger partial charge in [0.25, 0.3) is 0 Å². The van der Waals surface area contributed by atoms with Gasteiger partial charge in [-0.2, -0.15) is 17.5 Å². The van der Waals surface area contributed by atoms with Crippen molar-refractivity contribution in [1.29, 1.82) is 0 Å². The maximum Gasteiger partial charge on any atom is 0.402 e. The van der Waals surface area contributed by atoms with Crippen molar-refractivity contribution >= 4 is 10.0 Å². The standard InChI is InChI=1S/C8H15F3N2O2S/c1-13(6-8(9,10)11)16(14,15)7-2-4-12-5-3-7/h7,12H,2-6H2,1H3. The molecule has 0 saturated carbocycles. The lowest BCUT2D eigenvalue weighted by Crippen LogP contribution is -2.45. The molecule has 1 N–H and O–H groups in total. The monoisotopic (exact) mass is 260 g/mol. The molecule has 0 aromatic carbocycles. The van der Waals surface area contributed by atoms with Gasteiger partial charge in [0.1, 0.15) is 6.54 Å². The first-order valence-corrected chi connectivity index (χ1v) is 6.46. The Bertz CT molecular complexity index is 323. The maximum absolute atomic E-state index is 12.1. The average molecular weight is 260 g/mol. The highest BCUT2D eigenvalue weighted by atomic mass is 32.2. The molecule has 96 valence electrons. The van der Waals surface area contributed by atoms with Crippen LogP contribution in [0.5, 0.6) is 0 Å². The lowest BCUT2D eigenvalue weighted by atomic mass is 10.2. The van der Waals surface area contributed by atoms with Crippen LogP contribution in [-0.4, -0.2) is 50.8 Å².